The summed E-state index contributed by atoms with van der Waals surface area (Å²) in [5, 5.41) is 3.50. The highest BCUT2D eigenvalue weighted by molar-refractivity contribution is 4.96. The third kappa shape index (κ3) is 2.21. The van der Waals surface area contributed by atoms with Crippen LogP contribution in [0, 0.1) is 11.8 Å². The summed E-state index contributed by atoms with van der Waals surface area (Å²) in [5.41, 5.74) is 0.299. The molecule has 2 atom stereocenters. The van der Waals surface area contributed by atoms with Crippen molar-refractivity contribution in [3.8, 4) is 0 Å². The standard InChI is InChI=1S/C13H25NO/c1-10(2)12(14-3)11-5-8-15-13(9-11)6-4-7-13/h10-12,14H,4-9H2,1-3H3. The normalized spacial score (nSPS) is 31.6. The van der Waals surface area contributed by atoms with Crippen molar-refractivity contribution in [1.29, 1.82) is 0 Å². The highest BCUT2D eigenvalue weighted by Crippen LogP contribution is 2.45. The molecule has 1 aliphatic carbocycles. The van der Waals surface area contributed by atoms with Crippen LogP contribution in [0.1, 0.15) is 46.0 Å². The van der Waals surface area contributed by atoms with E-state index in [-0.39, 0.29) is 0 Å². The maximum atomic E-state index is 5.98. The minimum absolute atomic E-state index is 0.299. The molecule has 2 rings (SSSR count). The zero-order chi connectivity index (χ0) is 10.9. The summed E-state index contributed by atoms with van der Waals surface area (Å²) in [6, 6.07) is 0.673. The van der Waals surface area contributed by atoms with Gasteiger partial charge in [-0.2, -0.15) is 0 Å². The molecule has 0 aromatic rings. The highest BCUT2D eigenvalue weighted by atomic mass is 16.5. The van der Waals surface area contributed by atoms with Gasteiger partial charge >= 0.3 is 0 Å². The fourth-order valence-electron chi connectivity index (χ4n) is 3.41. The van der Waals surface area contributed by atoms with Gasteiger partial charge < -0.3 is 10.1 Å². The van der Waals surface area contributed by atoms with E-state index in [0.29, 0.717) is 11.6 Å². The first-order valence-corrected chi connectivity index (χ1v) is 6.48. The predicted molar refractivity (Wildman–Crippen MR) is 62.9 cm³/mol. The van der Waals surface area contributed by atoms with Crippen molar-refractivity contribution < 1.29 is 4.74 Å². The van der Waals surface area contributed by atoms with E-state index in [0.717, 1.165) is 18.4 Å². The molecule has 2 nitrogen and oxygen atoms in total. The largest absolute Gasteiger partial charge is 0.375 e. The summed E-state index contributed by atoms with van der Waals surface area (Å²) in [5.74, 6) is 1.55. The van der Waals surface area contributed by atoms with Crippen molar-refractivity contribution >= 4 is 0 Å². The van der Waals surface area contributed by atoms with Crippen LogP contribution >= 0.6 is 0 Å². The second-order valence-electron chi connectivity index (χ2n) is 5.70. The molecule has 0 radical (unpaired) electrons. The monoisotopic (exact) mass is 211 g/mol. The molecular weight excluding hydrogens is 186 g/mol. The van der Waals surface area contributed by atoms with Gasteiger partial charge in [0.2, 0.25) is 0 Å². The van der Waals surface area contributed by atoms with Crippen LogP contribution in [-0.2, 0) is 4.74 Å². The van der Waals surface area contributed by atoms with Gasteiger partial charge in [-0.25, -0.2) is 0 Å². The van der Waals surface area contributed by atoms with Gasteiger partial charge in [0.15, 0.2) is 0 Å². The smallest absolute Gasteiger partial charge is 0.0685 e. The molecule has 2 aliphatic rings. The van der Waals surface area contributed by atoms with Gasteiger partial charge in [0.05, 0.1) is 5.60 Å². The SMILES string of the molecule is CNC(C(C)C)C1CCOC2(CCC2)C1. The van der Waals surface area contributed by atoms with Crippen LogP contribution < -0.4 is 5.32 Å². The van der Waals surface area contributed by atoms with Crippen molar-refractivity contribution in [2.75, 3.05) is 13.7 Å². The number of hydrogen-bond acceptors (Lipinski definition) is 2. The first-order chi connectivity index (χ1) is 7.17. The fourth-order valence-corrected chi connectivity index (χ4v) is 3.41. The molecule has 2 heteroatoms. The van der Waals surface area contributed by atoms with Gasteiger partial charge in [-0.3, -0.25) is 0 Å². The lowest BCUT2D eigenvalue weighted by molar-refractivity contribution is -0.148. The Morgan fingerprint density at radius 2 is 2.07 bits per heavy atom. The first-order valence-electron chi connectivity index (χ1n) is 6.48. The Bertz CT molecular complexity index is 211. The molecule has 15 heavy (non-hydrogen) atoms. The number of nitrogens with one attached hydrogen (secondary N) is 1. The molecule has 1 heterocycles. The number of ether oxygens (including phenoxy) is 1. The summed E-state index contributed by atoms with van der Waals surface area (Å²) in [6.45, 7) is 5.63. The van der Waals surface area contributed by atoms with Crippen molar-refractivity contribution in [2.45, 2.75) is 57.6 Å². The van der Waals surface area contributed by atoms with E-state index in [4.69, 9.17) is 4.74 Å². The average molecular weight is 211 g/mol. The summed E-state index contributed by atoms with van der Waals surface area (Å²) < 4.78 is 5.98. The fraction of sp³-hybridized carbons (Fsp3) is 1.00. The molecule has 0 amide bonds. The van der Waals surface area contributed by atoms with E-state index in [1.165, 1.54) is 32.1 Å². The van der Waals surface area contributed by atoms with E-state index in [1.807, 2.05) is 0 Å². The molecule has 0 aromatic carbocycles. The molecular formula is C13H25NO. The van der Waals surface area contributed by atoms with Crippen LogP contribution in [0.5, 0.6) is 0 Å². The Morgan fingerprint density at radius 1 is 1.33 bits per heavy atom. The third-order valence-electron chi connectivity index (χ3n) is 4.36. The quantitative estimate of drug-likeness (QED) is 0.774. The molecule has 0 aromatic heterocycles. The third-order valence-corrected chi connectivity index (χ3v) is 4.36. The van der Waals surface area contributed by atoms with E-state index in [2.05, 4.69) is 26.2 Å². The van der Waals surface area contributed by atoms with E-state index < -0.39 is 0 Å². The number of rotatable bonds is 3. The molecule has 2 unspecified atom stereocenters. The van der Waals surface area contributed by atoms with Crippen LogP contribution in [0.2, 0.25) is 0 Å². The van der Waals surface area contributed by atoms with E-state index >= 15 is 0 Å². The average Bonchev–Trinajstić information content (AvgIpc) is 2.16. The van der Waals surface area contributed by atoms with E-state index in [1.54, 1.807) is 0 Å². The van der Waals surface area contributed by atoms with Crippen LogP contribution in [0.15, 0.2) is 0 Å². The Morgan fingerprint density at radius 3 is 2.53 bits per heavy atom. The van der Waals surface area contributed by atoms with Gasteiger partial charge in [0, 0.05) is 12.6 Å². The zero-order valence-corrected chi connectivity index (χ0v) is 10.4. The van der Waals surface area contributed by atoms with Crippen LogP contribution in [0.25, 0.3) is 0 Å². The Hall–Kier alpha value is -0.0800. The van der Waals surface area contributed by atoms with Crippen molar-refractivity contribution in [1.82, 2.24) is 5.32 Å². The van der Waals surface area contributed by atoms with Gasteiger partial charge in [-0.1, -0.05) is 13.8 Å². The Balaban J connectivity index is 1.96. The van der Waals surface area contributed by atoms with Gasteiger partial charge in [0.1, 0.15) is 0 Å². The summed E-state index contributed by atoms with van der Waals surface area (Å²) in [4.78, 5) is 0. The van der Waals surface area contributed by atoms with Gasteiger partial charge in [-0.05, 0) is 51.0 Å². The first kappa shape index (κ1) is 11.4. The molecule has 1 N–H and O–H groups in total. The number of hydrogen-bond donors (Lipinski definition) is 1. The molecule has 1 spiro atoms. The minimum atomic E-state index is 0.299. The van der Waals surface area contributed by atoms with Crippen LogP contribution in [0.4, 0.5) is 0 Å². The molecule has 1 saturated heterocycles. The summed E-state index contributed by atoms with van der Waals surface area (Å²) in [7, 11) is 2.10. The van der Waals surface area contributed by atoms with E-state index in [9.17, 15) is 0 Å². The molecule has 88 valence electrons. The molecule has 0 bridgehead atoms. The lowest BCUT2D eigenvalue weighted by atomic mass is 9.69. The Kier molecular flexibility index (Phi) is 3.36. The second kappa shape index (κ2) is 4.42. The summed E-state index contributed by atoms with van der Waals surface area (Å²) >= 11 is 0. The lowest BCUT2D eigenvalue weighted by Crippen LogP contribution is -2.51. The zero-order valence-electron chi connectivity index (χ0n) is 10.4. The predicted octanol–water partition coefficient (Wildman–Crippen LogP) is 2.58. The molecule has 1 saturated carbocycles. The maximum absolute atomic E-state index is 5.98. The van der Waals surface area contributed by atoms with Crippen molar-refractivity contribution in [3.05, 3.63) is 0 Å². The summed E-state index contributed by atoms with van der Waals surface area (Å²) in [6.07, 6.45) is 6.51. The van der Waals surface area contributed by atoms with Crippen molar-refractivity contribution in [3.63, 3.8) is 0 Å². The van der Waals surface area contributed by atoms with Crippen LogP contribution in [0.3, 0.4) is 0 Å². The highest BCUT2D eigenvalue weighted by Gasteiger charge is 2.44. The van der Waals surface area contributed by atoms with Crippen LogP contribution in [-0.4, -0.2) is 25.3 Å². The van der Waals surface area contributed by atoms with Gasteiger partial charge in [-0.15, -0.1) is 0 Å². The molecule has 1 aliphatic heterocycles. The minimum Gasteiger partial charge on any atom is -0.375 e. The second-order valence-corrected chi connectivity index (χ2v) is 5.70. The maximum Gasteiger partial charge on any atom is 0.0685 e. The van der Waals surface area contributed by atoms with Gasteiger partial charge in [0.25, 0.3) is 0 Å². The topological polar surface area (TPSA) is 21.3 Å². The lowest BCUT2D eigenvalue weighted by Gasteiger charge is -2.49. The molecule has 2 fully saturated rings. The Labute approximate surface area is 93.8 Å². The van der Waals surface area contributed by atoms with Crippen molar-refractivity contribution in [2.24, 2.45) is 11.8 Å².